The van der Waals surface area contributed by atoms with Crippen LogP contribution >= 0.6 is 0 Å². The van der Waals surface area contributed by atoms with Gasteiger partial charge >= 0.3 is 0 Å². The maximum absolute atomic E-state index is 5.00. The Hall–Kier alpha value is -1.36. The zero-order valence-electron chi connectivity index (χ0n) is 11.6. The summed E-state index contributed by atoms with van der Waals surface area (Å²) in [5, 5.41) is 3.20. The molecule has 18 heavy (non-hydrogen) atoms. The molecule has 0 fully saturated rings. The maximum Gasteiger partial charge on any atom is 0.224 e. The molecular formula is C13H24N4O. The fourth-order valence-electron chi connectivity index (χ4n) is 1.57. The fourth-order valence-corrected chi connectivity index (χ4v) is 1.57. The molecule has 0 spiro atoms. The van der Waals surface area contributed by atoms with E-state index in [2.05, 4.69) is 34.2 Å². The summed E-state index contributed by atoms with van der Waals surface area (Å²) in [6.07, 6.45) is 5.12. The van der Waals surface area contributed by atoms with Gasteiger partial charge in [-0.1, -0.05) is 13.3 Å². The van der Waals surface area contributed by atoms with Crippen LogP contribution in [0.4, 0.5) is 11.8 Å². The third-order valence-corrected chi connectivity index (χ3v) is 2.69. The number of hydrogen-bond acceptors (Lipinski definition) is 5. The summed E-state index contributed by atoms with van der Waals surface area (Å²) in [5.74, 6) is 1.65. The molecule has 0 atom stereocenters. The molecule has 0 aromatic carbocycles. The molecule has 0 aliphatic rings. The van der Waals surface area contributed by atoms with Crippen LogP contribution in [0.1, 0.15) is 26.2 Å². The van der Waals surface area contributed by atoms with Crippen molar-refractivity contribution in [3.05, 3.63) is 12.3 Å². The third-order valence-electron chi connectivity index (χ3n) is 2.69. The van der Waals surface area contributed by atoms with Crippen LogP contribution < -0.4 is 10.2 Å². The number of rotatable bonds is 9. The largest absolute Gasteiger partial charge is 0.385 e. The van der Waals surface area contributed by atoms with Crippen molar-refractivity contribution in [3.8, 4) is 0 Å². The number of methoxy groups -OCH3 is 1. The van der Waals surface area contributed by atoms with E-state index in [0.29, 0.717) is 5.95 Å². The predicted molar refractivity (Wildman–Crippen MR) is 75.2 cm³/mol. The van der Waals surface area contributed by atoms with E-state index in [4.69, 9.17) is 4.74 Å². The summed E-state index contributed by atoms with van der Waals surface area (Å²) >= 11 is 0. The number of nitrogens with one attached hydrogen (secondary N) is 1. The quantitative estimate of drug-likeness (QED) is 0.683. The van der Waals surface area contributed by atoms with Crippen LogP contribution in [-0.2, 0) is 4.74 Å². The first kappa shape index (κ1) is 14.7. The Labute approximate surface area is 110 Å². The van der Waals surface area contributed by atoms with Gasteiger partial charge in [0.05, 0.1) is 0 Å². The van der Waals surface area contributed by atoms with Crippen molar-refractivity contribution in [2.24, 2.45) is 0 Å². The second-order valence-corrected chi connectivity index (χ2v) is 4.29. The first-order valence-corrected chi connectivity index (χ1v) is 6.55. The van der Waals surface area contributed by atoms with Crippen LogP contribution in [0.3, 0.4) is 0 Å². The van der Waals surface area contributed by atoms with E-state index in [-0.39, 0.29) is 0 Å². The molecule has 1 aromatic heterocycles. The number of nitrogens with zero attached hydrogens (tertiary/aromatic N) is 3. The SMILES string of the molecule is CCCCN(C)c1ccnc(NCCCOC)n1. The van der Waals surface area contributed by atoms with E-state index >= 15 is 0 Å². The van der Waals surface area contributed by atoms with Crippen molar-refractivity contribution in [1.82, 2.24) is 9.97 Å². The second-order valence-electron chi connectivity index (χ2n) is 4.29. The molecule has 102 valence electrons. The molecule has 1 aromatic rings. The van der Waals surface area contributed by atoms with Gasteiger partial charge < -0.3 is 15.0 Å². The minimum atomic E-state index is 0.687. The van der Waals surface area contributed by atoms with Crippen LogP contribution in [0.25, 0.3) is 0 Å². The third kappa shape index (κ3) is 5.31. The molecule has 0 unspecified atom stereocenters. The van der Waals surface area contributed by atoms with Crippen molar-refractivity contribution in [1.29, 1.82) is 0 Å². The topological polar surface area (TPSA) is 50.3 Å². The van der Waals surface area contributed by atoms with Gasteiger partial charge in [0, 0.05) is 40.1 Å². The number of ether oxygens (including phenoxy) is 1. The highest BCUT2D eigenvalue weighted by Crippen LogP contribution is 2.11. The standard InChI is InChI=1S/C13H24N4O/c1-4-5-10-17(2)12-7-9-15-13(16-12)14-8-6-11-18-3/h7,9H,4-6,8,10-11H2,1-3H3,(H,14,15,16). The normalized spacial score (nSPS) is 10.4. The van der Waals surface area contributed by atoms with Crippen molar-refractivity contribution in [3.63, 3.8) is 0 Å². The predicted octanol–water partition coefficient (Wildman–Crippen LogP) is 2.16. The van der Waals surface area contributed by atoms with Crippen molar-refractivity contribution in [2.75, 3.05) is 44.1 Å². The minimum absolute atomic E-state index is 0.687. The highest BCUT2D eigenvalue weighted by molar-refractivity contribution is 5.41. The van der Waals surface area contributed by atoms with Gasteiger partial charge in [-0.25, -0.2) is 4.98 Å². The van der Waals surface area contributed by atoms with E-state index in [1.807, 2.05) is 6.07 Å². The van der Waals surface area contributed by atoms with Gasteiger partial charge in [0.25, 0.3) is 0 Å². The molecule has 0 saturated carbocycles. The Morgan fingerprint density at radius 2 is 2.22 bits per heavy atom. The minimum Gasteiger partial charge on any atom is -0.385 e. The average molecular weight is 252 g/mol. The van der Waals surface area contributed by atoms with Crippen molar-refractivity contribution in [2.45, 2.75) is 26.2 Å². The van der Waals surface area contributed by atoms with E-state index in [0.717, 1.165) is 31.9 Å². The summed E-state index contributed by atoms with van der Waals surface area (Å²) in [7, 11) is 3.77. The Balaban J connectivity index is 2.45. The van der Waals surface area contributed by atoms with Crippen LogP contribution in [0.2, 0.25) is 0 Å². The Morgan fingerprint density at radius 1 is 1.39 bits per heavy atom. The molecular weight excluding hydrogens is 228 g/mol. The maximum atomic E-state index is 5.00. The van der Waals surface area contributed by atoms with Crippen molar-refractivity contribution >= 4 is 11.8 Å². The van der Waals surface area contributed by atoms with E-state index in [1.165, 1.54) is 12.8 Å². The molecule has 0 aliphatic carbocycles. The summed E-state index contributed by atoms with van der Waals surface area (Å²) in [5.41, 5.74) is 0. The Bertz CT molecular complexity index is 333. The van der Waals surface area contributed by atoms with Crippen molar-refractivity contribution < 1.29 is 4.74 Å². The van der Waals surface area contributed by atoms with Crippen LogP contribution in [0.5, 0.6) is 0 Å². The lowest BCUT2D eigenvalue weighted by atomic mass is 10.3. The molecule has 0 saturated heterocycles. The highest BCUT2D eigenvalue weighted by Gasteiger charge is 2.03. The van der Waals surface area contributed by atoms with Gasteiger partial charge in [-0.05, 0) is 18.9 Å². The lowest BCUT2D eigenvalue weighted by Crippen LogP contribution is -2.20. The highest BCUT2D eigenvalue weighted by atomic mass is 16.5. The van der Waals surface area contributed by atoms with Gasteiger partial charge in [0.2, 0.25) is 5.95 Å². The molecule has 0 amide bonds. The molecule has 1 heterocycles. The van der Waals surface area contributed by atoms with Gasteiger partial charge in [0.15, 0.2) is 0 Å². The molecule has 5 heteroatoms. The zero-order valence-corrected chi connectivity index (χ0v) is 11.6. The zero-order chi connectivity index (χ0) is 13.2. The molecule has 0 bridgehead atoms. The first-order valence-electron chi connectivity index (χ1n) is 6.55. The lowest BCUT2D eigenvalue weighted by Gasteiger charge is -2.18. The van der Waals surface area contributed by atoms with Gasteiger partial charge in [-0.2, -0.15) is 4.98 Å². The number of unbranched alkanes of at least 4 members (excludes halogenated alkanes) is 1. The molecule has 0 radical (unpaired) electrons. The van der Waals surface area contributed by atoms with Crippen LogP contribution in [0.15, 0.2) is 12.3 Å². The molecule has 1 rings (SSSR count). The van der Waals surface area contributed by atoms with Crippen LogP contribution in [-0.4, -0.2) is 43.8 Å². The molecule has 1 N–H and O–H groups in total. The lowest BCUT2D eigenvalue weighted by molar-refractivity contribution is 0.197. The van der Waals surface area contributed by atoms with E-state index in [9.17, 15) is 0 Å². The fraction of sp³-hybridized carbons (Fsp3) is 0.692. The Morgan fingerprint density at radius 3 is 2.94 bits per heavy atom. The van der Waals surface area contributed by atoms with Crippen LogP contribution in [0, 0.1) is 0 Å². The number of hydrogen-bond donors (Lipinski definition) is 1. The van der Waals surface area contributed by atoms with Gasteiger partial charge in [-0.3, -0.25) is 0 Å². The van der Waals surface area contributed by atoms with Gasteiger partial charge in [0.1, 0.15) is 5.82 Å². The molecule has 0 aliphatic heterocycles. The molecule has 5 nitrogen and oxygen atoms in total. The smallest absolute Gasteiger partial charge is 0.224 e. The summed E-state index contributed by atoms with van der Waals surface area (Å²) in [4.78, 5) is 10.9. The average Bonchev–Trinajstić information content (AvgIpc) is 2.41. The summed E-state index contributed by atoms with van der Waals surface area (Å²) < 4.78 is 5.00. The number of aromatic nitrogens is 2. The van der Waals surface area contributed by atoms with E-state index in [1.54, 1.807) is 13.3 Å². The van der Waals surface area contributed by atoms with Gasteiger partial charge in [-0.15, -0.1) is 0 Å². The second kappa shape index (κ2) is 8.69. The number of anilines is 2. The van der Waals surface area contributed by atoms with E-state index < -0.39 is 0 Å². The Kier molecular flexibility index (Phi) is 7.10. The summed E-state index contributed by atoms with van der Waals surface area (Å²) in [6, 6.07) is 1.94. The monoisotopic (exact) mass is 252 g/mol. The summed E-state index contributed by atoms with van der Waals surface area (Å²) in [6.45, 7) is 4.80. The first-order chi connectivity index (χ1) is 8.77.